The highest BCUT2D eigenvalue weighted by Crippen LogP contribution is 2.18. The van der Waals surface area contributed by atoms with Crippen LogP contribution in [0.15, 0.2) is 48.5 Å². The van der Waals surface area contributed by atoms with Crippen LogP contribution in [-0.4, -0.2) is 27.7 Å². The van der Waals surface area contributed by atoms with Crippen molar-refractivity contribution in [3.05, 3.63) is 64.2 Å². The minimum absolute atomic E-state index is 0.0433. The van der Waals surface area contributed by atoms with Gasteiger partial charge in [-0.15, -0.1) is 11.8 Å². The number of rotatable bonds is 7. The molecule has 2 aromatic carbocycles. The van der Waals surface area contributed by atoms with Gasteiger partial charge in [-0.1, -0.05) is 17.7 Å². The predicted octanol–water partition coefficient (Wildman–Crippen LogP) is 3.60. The minimum Gasteiger partial charge on any atom is -0.325 e. The Morgan fingerprint density at radius 3 is 2.15 bits per heavy atom. The second kappa shape index (κ2) is 9.00. The van der Waals surface area contributed by atoms with Gasteiger partial charge in [0.25, 0.3) is 5.69 Å². The van der Waals surface area contributed by atoms with E-state index in [-0.39, 0.29) is 23.3 Å². The largest absolute Gasteiger partial charge is 0.325 e. The fraction of sp³-hybridized carbons (Fsp3) is 0.222. The van der Waals surface area contributed by atoms with Crippen molar-refractivity contribution in [3.8, 4) is 0 Å². The molecule has 0 spiro atoms. The van der Waals surface area contributed by atoms with Crippen molar-refractivity contribution in [1.82, 2.24) is 0 Å². The van der Waals surface area contributed by atoms with E-state index in [1.807, 2.05) is 31.2 Å². The molecule has 2 N–H and O–H groups in total. The van der Waals surface area contributed by atoms with Crippen molar-refractivity contribution in [1.29, 1.82) is 0 Å². The maximum absolute atomic E-state index is 12.1. The summed E-state index contributed by atoms with van der Waals surface area (Å²) in [6.07, 6.45) is 0. The second-order valence-electron chi connectivity index (χ2n) is 5.66. The molecule has 0 bridgehead atoms. The van der Waals surface area contributed by atoms with Crippen molar-refractivity contribution >= 4 is 40.6 Å². The first-order chi connectivity index (χ1) is 12.3. The summed E-state index contributed by atoms with van der Waals surface area (Å²) in [5.41, 5.74) is 2.24. The third kappa shape index (κ3) is 5.89. The maximum Gasteiger partial charge on any atom is 0.269 e. The lowest BCUT2D eigenvalue weighted by Crippen LogP contribution is -2.25. The highest BCUT2D eigenvalue weighted by atomic mass is 32.2. The Kier molecular flexibility index (Phi) is 6.74. The van der Waals surface area contributed by atoms with E-state index in [9.17, 15) is 19.7 Å². The molecule has 8 heteroatoms. The Labute approximate surface area is 155 Å². The van der Waals surface area contributed by atoms with Gasteiger partial charge in [0.1, 0.15) is 0 Å². The quantitative estimate of drug-likeness (QED) is 0.570. The number of hydrogen-bond acceptors (Lipinski definition) is 5. The third-order valence-electron chi connectivity index (χ3n) is 3.51. The zero-order valence-electron chi connectivity index (χ0n) is 14.4. The number of anilines is 2. The number of nitrogens with one attached hydrogen (secondary N) is 2. The molecule has 26 heavy (non-hydrogen) atoms. The van der Waals surface area contributed by atoms with Gasteiger partial charge in [0.05, 0.1) is 15.9 Å². The number of carbonyl (C=O) groups excluding carboxylic acids is 2. The van der Waals surface area contributed by atoms with E-state index in [0.717, 1.165) is 5.56 Å². The maximum atomic E-state index is 12.1. The molecular weight excluding hydrogens is 354 g/mol. The predicted molar refractivity (Wildman–Crippen MR) is 103 cm³/mol. The summed E-state index contributed by atoms with van der Waals surface area (Å²) in [7, 11) is 0. The molecule has 1 unspecified atom stereocenters. The van der Waals surface area contributed by atoms with Gasteiger partial charge in [-0.25, -0.2) is 0 Å². The van der Waals surface area contributed by atoms with E-state index in [1.54, 1.807) is 6.92 Å². The molecule has 0 aliphatic carbocycles. The van der Waals surface area contributed by atoms with Gasteiger partial charge in [0, 0.05) is 23.5 Å². The van der Waals surface area contributed by atoms with Crippen LogP contribution in [0.5, 0.6) is 0 Å². The minimum atomic E-state index is -0.503. The SMILES string of the molecule is Cc1ccc(NC(=O)CSC(C)C(=O)Nc2ccc([N+](=O)[O-])cc2)cc1. The van der Waals surface area contributed by atoms with Crippen molar-refractivity contribution in [2.75, 3.05) is 16.4 Å². The van der Waals surface area contributed by atoms with Crippen LogP contribution in [0.3, 0.4) is 0 Å². The summed E-state index contributed by atoms with van der Waals surface area (Å²) < 4.78 is 0. The summed E-state index contributed by atoms with van der Waals surface area (Å²) in [4.78, 5) is 34.2. The fourth-order valence-electron chi connectivity index (χ4n) is 2.02. The first kappa shape index (κ1) is 19.5. The third-order valence-corrected chi connectivity index (χ3v) is 4.66. The van der Waals surface area contributed by atoms with E-state index in [0.29, 0.717) is 11.4 Å². The highest BCUT2D eigenvalue weighted by Gasteiger charge is 2.16. The molecule has 1 atom stereocenters. The van der Waals surface area contributed by atoms with E-state index in [1.165, 1.54) is 36.0 Å². The van der Waals surface area contributed by atoms with Crippen molar-refractivity contribution < 1.29 is 14.5 Å². The van der Waals surface area contributed by atoms with Gasteiger partial charge >= 0.3 is 0 Å². The number of nitro benzene ring substituents is 1. The molecular formula is C18H19N3O4S. The molecule has 0 fully saturated rings. The van der Waals surface area contributed by atoms with Gasteiger partial charge in [-0.05, 0) is 38.1 Å². The molecule has 0 saturated carbocycles. The van der Waals surface area contributed by atoms with Crippen LogP contribution in [0.1, 0.15) is 12.5 Å². The average molecular weight is 373 g/mol. The van der Waals surface area contributed by atoms with Gasteiger partial charge in [-0.3, -0.25) is 19.7 Å². The molecule has 0 radical (unpaired) electrons. The lowest BCUT2D eigenvalue weighted by Gasteiger charge is -2.12. The van der Waals surface area contributed by atoms with E-state index in [2.05, 4.69) is 10.6 Å². The number of nitrogens with zero attached hydrogens (tertiary/aromatic N) is 1. The Morgan fingerprint density at radius 1 is 1.04 bits per heavy atom. The lowest BCUT2D eigenvalue weighted by atomic mass is 10.2. The van der Waals surface area contributed by atoms with E-state index >= 15 is 0 Å². The molecule has 2 rings (SSSR count). The molecule has 7 nitrogen and oxygen atoms in total. The number of thioether (sulfide) groups is 1. The van der Waals surface area contributed by atoms with Crippen molar-refractivity contribution in [3.63, 3.8) is 0 Å². The Hall–Kier alpha value is -2.87. The topological polar surface area (TPSA) is 101 Å². The van der Waals surface area contributed by atoms with E-state index in [4.69, 9.17) is 0 Å². The Morgan fingerprint density at radius 2 is 1.58 bits per heavy atom. The number of carbonyl (C=O) groups is 2. The molecule has 2 aromatic rings. The fourth-order valence-corrected chi connectivity index (χ4v) is 2.70. The van der Waals surface area contributed by atoms with Crippen LogP contribution in [0, 0.1) is 17.0 Å². The molecule has 0 saturated heterocycles. The molecule has 0 heterocycles. The first-order valence-corrected chi connectivity index (χ1v) is 8.93. The van der Waals surface area contributed by atoms with Crippen LogP contribution in [0.4, 0.5) is 17.1 Å². The van der Waals surface area contributed by atoms with Gasteiger partial charge in [-0.2, -0.15) is 0 Å². The van der Waals surface area contributed by atoms with Crippen LogP contribution in [0.25, 0.3) is 0 Å². The molecule has 136 valence electrons. The van der Waals surface area contributed by atoms with Gasteiger partial charge in [0.2, 0.25) is 11.8 Å². The Bertz CT molecular complexity index is 791. The number of amides is 2. The normalized spacial score (nSPS) is 11.5. The van der Waals surface area contributed by atoms with Crippen LogP contribution < -0.4 is 10.6 Å². The van der Waals surface area contributed by atoms with Gasteiger partial charge < -0.3 is 10.6 Å². The van der Waals surface area contributed by atoms with E-state index < -0.39 is 10.2 Å². The number of aryl methyl sites for hydroxylation is 1. The lowest BCUT2D eigenvalue weighted by molar-refractivity contribution is -0.384. The smallest absolute Gasteiger partial charge is 0.269 e. The summed E-state index contributed by atoms with van der Waals surface area (Å²) in [6, 6.07) is 13.0. The standard InChI is InChI=1S/C18H19N3O4S/c1-12-3-5-14(6-4-12)19-17(22)11-26-13(2)18(23)20-15-7-9-16(10-8-15)21(24)25/h3-10,13H,11H2,1-2H3,(H,19,22)(H,20,23). The number of hydrogen-bond donors (Lipinski definition) is 2. The number of nitro groups is 1. The van der Waals surface area contributed by atoms with Crippen LogP contribution in [-0.2, 0) is 9.59 Å². The second-order valence-corrected chi connectivity index (χ2v) is 6.99. The zero-order chi connectivity index (χ0) is 19.1. The molecule has 0 aromatic heterocycles. The van der Waals surface area contributed by atoms with Crippen LogP contribution >= 0.6 is 11.8 Å². The van der Waals surface area contributed by atoms with Crippen LogP contribution in [0.2, 0.25) is 0 Å². The zero-order valence-corrected chi connectivity index (χ0v) is 15.2. The number of benzene rings is 2. The number of non-ortho nitro benzene ring substituents is 1. The molecule has 2 amide bonds. The first-order valence-electron chi connectivity index (χ1n) is 7.88. The molecule has 0 aliphatic rings. The summed E-state index contributed by atoms with van der Waals surface area (Å²) in [5, 5.41) is 15.6. The summed E-state index contributed by atoms with van der Waals surface area (Å²) in [5.74, 6) is -0.316. The molecule has 0 aliphatic heterocycles. The summed E-state index contributed by atoms with van der Waals surface area (Å²) in [6.45, 7) is 3.66. The van der Waals surface area contributed by atoms with Crippen molar-refractivity contribution in [2.24, 2.45) is 0 Å². The highest BCUT2D eigenvalue weighted by molar-refractivity contribution is 8.01. The van der Waals surface area contributed by atoms with Gasteiger partial charge in [0.15, 0.2) is 0 Å². The summed E-state index contributed by atoms with van der Waals surface area (Å²) >= 11 is 1.21. The van der Waals surface area contributed by atoms with Crippen molar-refractivity contribution in [2.45, 2.75) is 19.1 Å². The monoisotopic (exact) mass is 373 g/mol. The Balaban J connectivity index is 1.79. The average Bonchev–Trinajstić information content (AvgIpc) is 2.62.